The van der Waals surface area contributed by atoms with Crippen LogP contribution in [0.1, 0.15) is 19.8 Å². The Balaban J connectivity index is 1.23. The van der Waals surface area contributed by atoms with E-state index in [9.17, 15) is 4.79 Å². The predicted molar refractivity (Wildman–Crippen MR) is 130 cm³/mol. The van der Waals surface area contributed by atoms with Crippen LogP contribution in [-0.2, 0) is 9.53 Å². The number of benzene rings is 1. The molecule has 9 nitrogen and oxygen atoms in total. The second-order valence-electron chi connectivity index (χ2n) is 8.60. The summed E-state index contributed by atoms with van der Waals surface area (Å²) < 4.78 is 11.4. The molecule has 0 saturated carbocycles. The number of ether oxygens (including phenoxy) is 2. The van der Waals surface area contributed by atoms with Crippen molar-refractivity contribution in [2.45, 2.75) is 43.4 Å². The summed E-state index contributed by atoms with van der Waals surface area (Å²) in [4.78, 5) is 22.9. The van der Waals surface area contributed by atoms with Gasteiger partial charge >= 0.3 is 0 Å². The van der Waals surface area contributed by atoms with E-state index in [1.165, 1.54) is 6.92 Å². The number of aliphatic imine (C=N–C) groups is 2. The van der Waals surface area contributed by atoms with Crippen LogP contribution in [0, 0.1) is 0 Å². The Bertz CT molecular complexity index is 1070. The highest BCUT2D eigenvalue weighted by atomic mass is 35.5. The lowest BCUT2D eigenvalue weighted by molar-refractivity contribution is -0.116. The number of hydrogen-bond acceptors (Lipinski definition) is 8. The maximum absolute atomic E-state index is 10.9. The van der Waals surface area contributed by atoms with Crippen molar-refractivity contribution >= 4 is 34.9 Å². The number of nitrogens with one attached hydrogen (secondary N) is 1. The van der Waals surface area contributed by atoms with Gasteiger partial charge in [-0.05, 0) is 42.7 Å². The summed E-state index contributed by atoms with van der Waals surface area (Å²) in [5.74, 6) is 0.256. The molecule has 0 radical (unpaired) electrons. The molecular weight excluding hydrogens is 456 g/mol. The first-order valence-corrected chi connectivity index (χ1v) is 12.0. The Hall–Kier alpha value is -2.88. The molecule has 1 saturated heterocycles. The molecule has 1 aromatic carbocycles. The van der Waals surface area contributed by atoms with E-state index < -0.39 is 0 Å². The predicted octanol–water partition coefficient (Wildman–Crippen LogP) is 3.39. The number of carbonyl (C=O) groups is 1. The van der Waals surface area contributed by atoms with Crippen LogP contribution < -0.4 is 10.1 Å². The van der Waals surface area contributed by atoms with Crippen LogP contribution in [0.2, 0.25) is 0 Å². The zero-order valence-electron chi connectivity index (χ0n) is 18.9. The maximum Gasteiger partial charge on any atom is 0.292 e. The largest absolute Gasteiger partial charge is 0.426 e. The quantitative estimate of drug-likeness (QED) is 0.523. The summed E-state index contributed by atoms with van der Waals surface area (Å²) in [6, 6.07) is 7.77. The monoisotopic (exact) mass is 482 g/mol. The zero-order valence-corrected chi connectivity index (χ0v) is 19.7. The number of allylic oxidation sites excluding steroid dienone is 2. The standard InChI is InChI=1S/C24H27ClN6O3/c1-15(32)29-30-17-4-8-19(9-5-17)34-24-26-21-14-20(25)22(27-23(21)28-24)16-2-6-18(7-3-16)31-10-12-33-13-11-31/h2-6,8-9,18,20-21,23H,7,10-14H2,1H3,(H,26,28). The van der Waals surface area contributed by atoms with Crippen LogP contribution in [0.15, 0.2) is 68.3 Å². The van der Waals surface area contributed by atoms with Gasteiger partial charge in [-0.25, -0.2) is 4.99 Å². The molecule has 1 N–H and O–H groups in total. The van der Waals surface area contributed by atoms with E-state index in [-0.39, 0.29) is 23.5 Å². The van der Waals surface area contributed by atoms with Crippen molar-refractivity contribution in [2.75, 3.05) is 26.3 Å². The molecule has 0 aromatic heterocycles. The molecule has 178 valence electrons. The lowest BCUT2D eigenvalue weighted by atomic mass is 9.92. The normalized spacial score (nSPS) is 29.2. The zero-order chi connectivity index (χ0) is 23.5. The Morgan fingerprint density at radius 3 is 2.74 bits per heavy atom. The third-order valence-corrected chi connectivity index (χ3v) is 6.58. The van der Waals surface area contributed by atoms with Crippen molar-refractivity contribution in [3.63, 3.8) is 0 Å². The SMILES string of the molecule is CC(=O)N=Nc1ccc(OC2=NC3N=C(C4=CCC(N5CCOCC5)C=C4)C(Cl)CC3N2)cc1. The van der Waals surface area contributed by atoms with Crippen molar-refractivity contribution in [1.82, 2.24) is 10.2 Å². The Kier molecular flexibility index (Phi) is 6.85. The molecule has 4 unspecified atom stereocenters. The van der Waals surface area contributed by atoms with E-state index in [1.54, 1.807) is 24.3 Å². The average Bonchev–Trinajstić information content (AvgIpc) is 3.24. The minimum atomic E-state index is -0.346. The molecule has 1 fully saturated rings. The number of alkyl halides is 1. The highest BCUT2D eigenvalue weighted by Gasteiger charge is 2.38. The smallest absolute Gasteiger partial charge is 0.292 e. The minimum absolute atomic E-state index is 0.000779. The number of amides is 1. The number of amidine groups is 1. The van der Waals surface area contributed by atoms with Crippen LogP contribution in [0.3, 0.4) is 0 Å². The van der Waals surface area contributed by atoms with E-state index in [4.69, 9.17) is 26.1 Å². The molecule has 3 aliphatic heterocycles. The maximum atomic E-state index is 10.9. The van der Waals surface area contributed by atoms with Crippen LogP contribution >= 0.6 is 11.6 Å². The Morgan fingerprint density at radius 1 is 1.24 bits per heavy atom. The summed E-state index contributed by atoms with van der Waals surface area (Å²) in [6.07, 6.45) is 8.03. The molecule has 1 amide bonds. The van der Waals surface area contributed by atoms with Gasteiger partial charge in [0.05, 0.1) is 36.0 Å². The van der Waals surface area contributed by atoms with Crippen LogP contribution in [0.4, 0.5) is 5.69 Å². The lowest BCUT2D eigenvalue weighted by Crippen LogP contribution is -2.44. The third-order valence-electron chi connectivity index (χ3n) is 6.19. The first kappa shape index (κ1) is 22.9. The average molecular weight is 483 g/mol. The van der Waals surface area contributed by atoms with Gasteiger partial charge in [-0.3, -0.25) is 14.7 Å². The number of azo groups is 1. The number of fused-ring (bicyclic) bond motifs is 1. The van der Waals surface area contributed by atoms with E-state index in [0.29, 0.717) is 29.9 Å². The first-order chi connectivity index (χ1) is 16.5. The molecule has 1 aliphatic carbocycles. The molecule has 1 aromatic rings. The topological polar surface area (TPSA) is 100 Å². The summed E-state index contributed by atoms with van der Waals surface area (Å²) in [6.45, 7) is 4.88. The van der Waals surface area contributed by atoms with Gasteiger partial charge in [0.15, 0.2) is 6.17 Å². The van der Waals surface area contributed by atoms with E-state index in [1.807, 2.05) is 0 Å². The fourth-order valence-corrected chi connectivity index (χ4v) is 4.82. The van der Waals surface area contributed by atoms with Gasteiger partial charge in [-0.2, -0.15) is 0 Å². The number of rotatable bonds is 4. The van der Waals surface area contributed by atoms with E-state index in [0.717, 1.165) is 44.0 Å². The van der Waals surface area contributed by atoms with Crippen molar-refractivity contribution < 1.29 is 14.3 Å². The van der Waals surface area contributed by atoms with Gasteiger partial charge in [0, 0.05) is 26.1 Å². The summed E-state index contributed by atoms with van der Waals surface area (Å²) in [7, 11) is 0. The van der Waals surface area contributed by atoms with E-state index in [2.05, 4.69) is 43.7 Å². The molecule has 5 rings (SSSR count). The number of halogens is 1. The van der Waals surface area contributed by atoms with Gasteiger partial charge in [-0.1, -0.05) is 18.2 Å². The summed E-state index contributed by atoms with van der Waals surface area (Å²) in [5.41, 5.74) is 2.55. The molecular formula is C24H27ClN6O3. The van der Waals surface area contributed by atoms with Gasteiger partial charge in [0.2, 0.25) is 0 Å². The second kappa shape index (κ2) is 10.2. The summed E-state index contributed by atoms with van der Waals surface area (Å²) in [5, 5.41) is 10.5. The van der Waals surface area contributed by atoms with Crippen molar-refractivity contribution in [2.24, 2.45) is 20.2 Å². The molecule has 3 heterocycles. The van der Waals surface area contributed by atoms with Crippen LogP contribution in [-0.4, -0.2) is 72.5 Å². The fourth-order valence-electron chi connectivity index (χ4n) is 4.45. The minimum Gasteiger partial charge on any atom is -0.426 e. The van der Waals surface area contributed by atoms with Crippen molar-refractivity contribution in [3.8, 4) is 5.75 Å². The van der Waals surface area contributed by atoms with Crippen molar-refractivity contribution in [3.05, 3.63) is 48.1 Å². The summed E-state index contributed by atoms with van der Waals surface area (Å²) >= 11 is 6.74. The lowest BCUT2D eigenvalue weighted by Gasteiger charge is -2.34. The fraction of sp³-hybridized carbons (Fsp3) is 0.458. The highest BCUT2D eigenvalue weighted by molar-refractivity contribution is 6.35. The van der Waals surface area contributed by atoms with Crippen molar-refractivity contribution in [1.29, 1.82) is 0 Å². The first-order valence-electron chi connectivity index (χ1n) is 11.5. The molecule has 34 heavy (non-hydrogen) atoms. The second-order valence-corrected chi connectivity index (χ2v) is 9.13. The highest BCUT2D eigenvalue weighted by Crippen LogP contribution is 2.29. The van der Waals surface area contributed by atoms with Crippen LogP contribution in [0.5, 0.6) is 5.75 Å². The van der Waals surface area contributed by atoms with Gasteiger partial charge in [0.1, 0.15) is 5.75 Å². The molecule has 0 spiro atoms. The number of hydrogen-bond donors (Lipinski definition) is 1. The molecule has 10 heteroatoms. The van der Waals surface area contributed by atoms with Gasteiger partial charge < -0.3 is 14.8 Å². The third kappa shape index (κ3) is 5.27. The molecule has 4 atom stereocenters. The number of morpholine rings is 1. The Labute approximate surface area is 203 Å². The van der Waals surface area contributed by atoms with E-state index >= 15 is 0 Å². The number of nitrogens with zero attached hydrogens (tertiary/aromatic N) is 5. The molecule has 0 bridgehead atoms. The van der Waals surface area contributed by atoms with Gasteiger partial charge in [0.25, 0.3) is 11.9 Å². The number of carbonyl (C=O) groups excluding carboxylic acids is 1. The Morgan fingerprint density at radius 2 is 2.03 bits per heavy atom. The molecule has 4 aliphatic rings. The van der Waals surface area contributed by atoms with Gasteiger partial charge in [-0.15, -0.1) is 21.8 Å². The van der Waals surface area contributed by atoms with Crippen LogP contribution in [0.25, 0.3) is 0 Å².